The Morgan fingerprint density at radius 2 is 1.66 bits per heavy atom. The molecule has 2 N–H and O–H groups in total. The van der Waals surface area contributed by atoms with Crippen molar-refractivity contribution < 1.29 is 24.2 Å². The van der Waals surface area contributed by atoms with Crippen LogP contribution >= 0.6 is 0 Å². The number of aryl methyl sites for hydroxylation is 1. The van der Waals surface area contributed by atoms with Gasteiger partial charge in [0.25, 0.3) is 5.91 Å². The second-order valence-electron chi connectivity index (χ2n) is 10.2. The normalized spacial score (nSPS) is 17.8. The number of carboxylic acid groups (broad SMARTS) is 1. The number of hydrogen-bond donors (Lipinski definition) is 2. The lowest BCUT2D eigenvalue weighted by molar-refractivity contribution is -0.138. The molecule has 1 aromatic carbocycles. The zero-order chi connectivity index (χ0) is 25.2. The number of ether oxygens (including phenoxy) is 1. The van der Waals surface area contributed by atoms with Crippen molar-refractivity contribution in [2.24, 2.45) is 11.8 Å². The van der Waals surface area contributed by atoms with E-state index in [-0.39, 0.29) is 24.8 Å². The lowest BCUT2D eigenvalue weighted by Gasteiger charge is -2.34. The summed E-state index contributed by atoms with van der Waals surface area (Å²) in [5.41, 5.74) is 1.99. The van der Waals surface area contributed by atoms with E-state index in [4.69, 9.17) is 9.84 Å². The number of nitrogens with zero attached hydrogens (tertiary/aromatic N) is 2. The maximum atomic E-state index is 12.7. The minimum absolute atomic E-state index is 0.0286. The Hall–Kier alpha value is -2.61. The van der Waals surface area contributed by atoms with Crippen molar-refractivity contribution in [1.82, 2.24) is 9.80 Å². The van der Waals surface area contributed by atoms with Crippen molar-refractivity contribution in [3.63, 3.8) is 0 Å². The molecule has 1 aromatic rings. The van der Waals surface area contributed by atoms with E-state index in [0.29, 0.717) is 30.6 Å². The highest BCUT2D eigenvalue weighted by atomic mass is 16.5. The molecule has 2 heterocycles. The van der Waals surface area contributed by atoms with Gasteiger partial charge in [0.05, 0.1) is 6.54 Å². The van der Waals surface area contributed by atoms with Gasteiger partial charge in [0.15, 0.2) is 6.61 Å². The average Bonchev–Trinajstić information content (AvgIpc) is 2.83. The maximum absolute atomic E-state index is 12.7. The average molecular weight is 488 g/mol. The van der Waals surface area contributed by atoms with Crippen LogP contribution in [0.25, 0.3) is 0 Å². The molecule has 0 unspecified atom stereocenters. The number of carbonyl (C=O) groups excluding carboxylic acids is 2. The van der Waals surface area contributed by atoms with Crippen LogP contribution in [-0.4, -0.2) is 78.4 Å². The zero-order valence-electron chi connectivity index (χ0n) is 21.3. The first kappa shape index (κ1) is 27.0. The maximum Gasteiger partial charge on any atom is 0.317 e. The number of anilines is 1. The van der Waals surface area contributed by atoms with E-state index in [2.05, 4.69) is 5.32 Å². The molecule has 0 saturated carbocycles. The Morgan fingerprint density at radius 1 is 1.03 bits per heavy atom. The molecule has 8 heteroatoms. The molecule has 0 radical (unpaired) electrons. The van der Waals surface area contributed by atoms with Crippen molar-refractivity contribution >= 4 is 23.3 Å². The van der Waals surface area contributed by atoms with Crippen LogP contribution in [0.15, 0.2) is 18.2 Å². The summed E-state index contributed by atoms with van der Waals surface area (Å²) in [5, 5.41) is 12.2. The summed E-state index contributed by atoms with van der Waals surface area (Å²) >= 11 is 0. The number of piperidine rings is 2. The Kier molecular flexibility index (Phi) is 10.4. The van der Waals surface area contributed by atoms with Crippen molar-refractivity contribution in [3.05, 3.63) is 23.8 Å². The number of carboxylic acids is 1. The molecule has 0 aliphatic carbocycles. The topological polar surface area (TPSA) is 99.2 Å². The molecule has 0 bridgehead atoms. The van der Waals surface area contributed by atoms with E-state index in [1.54, 1.807) is 6.92 Å². The predicted molar refractivity (Wildman–Crippen MR) is 136 cm³/mol. The number of ketones is 1. The first-order chi connectivity index (χ1) is 16.8. The molecule has 2 aliphatic rings. The number of amides is 1. The minimum atomic E-state index is -0.739. The Morgan fingerprint density at radius 3 is 2.26 bits per heavy atom. The molecule has 8 nitrogen and oxygen atoms in total. The fourth-order valence-corrected chi connectivity index (χ4v) is 5.06. The first-order valence-electron chi connectivity index (χ1n) is 13.0. The van der Waals surface area contributed by atoms with Gasteiger partial charge in [-0.25, -0.2) is 0 Å². The van der Waals surface area contributed by atoms with E-state index >= 15 is 0 Å². The van der Waals surface area contributed by atoms with Crippen LogP contribution in [0, 0.1) is 18.8 Å². The number of benzene rings is 1. The third-order valence-electron chi connectivity index (χ3n) is 7.38. The van der Waals surface area contributed by atoms with Gasteiger partial charge in [-0.15, -0.1) is 0 Å². The number of hydrogen-bond acceptors (Lipinski definition) is 6. The fraction of sp³-hybridized carbons (Fsp3) is 0.667. The van der Waals surface area contributed by atoms with Crippen LogP contribution in [0.5, 0.6) is 5.75 Å². The summed E-state index contributed by atoms with van der Waals surface area (Å²) in [5.74, 6) is 1.45. The molecule has 2 saturated heterocycles. The van der Waals surface area contributed by atoms with Crippen LogP contribution in [-0.2, 0) is 14.4 Å². The quantitative estimate of drug-likeness (QED) is 0.465. The number of likely N-dealkylation sites (tertiary alicyclic amines) is 2. The molecule has 0 aromatic heterocycles. The molecule has 194 valence electrons. The van der Waals surface area contributed by atoms with Gasteiger partial charge in [-0.3, -0.25) is 19.3 Å². The second kappa shape index (κ2) is 13.5. The molecule has 2 aliphatic heterocycles. The van der Waals surface area contributed by atoms with Crippen molar-refractivity contribution in [3.8, 4) is 5.75 Å². The molecule has 3 rings (SSSR count). The smallest absolute Gasteiger partial charge is 0.317 e. The highest BCUT2D eigenvalue weighted by molar-refractivity contribution is 5.78. The summed E-state index contributed by atoms with van der Waals surface area (Å²) < 4.78 is 5.79. The Bertz CT molecular complexity index is 858. The van der Waals surface area contributed by atoms with Gasteiger partial charge in [0, 0.05) is 37.8 Å². The number of rotatable bonds is 12. The van der Waals surface area contributed by atoms with E-state index < -0.39 is 5.97 Å². The van der Waals surface area contributed by atoms with E-state index in [1.807, 2.05) is 34.9 Å². The number of aliphatic carboxylic acids is 1. The van der Waals surface area contributed by atoms with E-state index in [9.17, 15) is 14.4 Å². The summed E-state index contributed by atoms with van der Waals surface area (Å²) in [6.45, 7) is 7.71. The second-order valence-corrected chi connectivity index (χ2v) is 10.2. The lowest BCUT2D eigenvalue weighted by atomic mass is 9.85. The lowest BCUT2D eigenvalue weighted by Crippen LogP contribution is -2.41. The Balaban J connectivity index is 1.33. The van der Waals surface area contributed by atoms with Crippen LogP contribution in [0.2, 0.25) is 0 Å². The summed E-state index contributed by atoms with van der Waals surface area (Å²) in [4.78, 5) is 38.7. The molecule has 35 heavy (non-hydrogen) atoms. The highest BCUT2D eigenvalue weighted by Gasteiger charge is 2.25. The van der Waals surface area contributed by atoms with Crippen LogP contribution in [0.1, 0.15) is 57.4 Å². The van der Waals surface area contributed by atoms with Crippen molar-refractivity contribution in [2.45, 2.75) is 58.8 Å². The van der Waals surface area contributed by atoms with Crippen LogP contribution in [0.3, 0.4) is 0 Å². The highest BCUT2D eigenvalue weighted by Crippen LogP contribution is 2.28. The summed E-state index contributed by atoms with van der Waals surface area (Å²) in [7, 11) is 0. The van der Waals surface area contributed by atoms with Gasteiger partial charge >= 0.3 is 5.97 Å². The van der Waals surface area contributed by atoms with Gasteiger partial charge in [0.2, 0.25) is 0 Å². The van der Waals surface area contributed by atoms with Gasteiger partial charge in [-0.05, 0) is 76.1 Å². The molecular weight excluding hydrogens is 446 g/mol. The van der Waals surface area contributed by atoms with E-state index in [0.717, 1.165) is 63.1 Å². The van der Waals surface area contributed by atoms with Crippen LogP contribution in [0.4, 0.5) is 5.69 Å². The third kappa shape index (κ3) is 9.17. The van der Waals surface area contributed by atoms with Crippen molar-refractivity contribution in [2.75, 3.05) is 51.2 Å². The van der Waals surface area contributed by atoms with E-state index in [1.165, 1.54) is 12.8 Å². The number of nitrogens with one attached hydrogen (secondary N) is 1. The van der Waals surface area contributed by atoms with Gasteiger partial charge in [-0.1, -0.05) is 18.9 Å². The van der Waals surface area contributed by atoms with Gasteiger partial charge in [0.1, 0.15) is 11.5 Å². The summed E-state index contributed by atoms with van der Waals surface area (Å²) in [6.07, 6.45) is 7.15. The monoisotopic (exact) mass is 487 g/mol. The Labute approximate surface area is 209 Å². The number of Topliss-reactive ketones (excluding diaryl/α,β-unsaturated/α-hetero) is 1. The fourth-order valence-electron chi connectivity index (χ4n) is 5.06. The number of carbonyl (C=O) groups is 3. The molecule has 1 amide bonds. The zero-order valence-corrected chi connectivity index (χ0v) is 21.3. The minimum Gasteiger partial charge on any atom is -0.484 e. The third-order valence-corrected chi connectivity index (χ3v) is 7.38. The van der Waals surface area contributed by atoms with Crippen LogP contribution < -0.4 is 10.1 Å². The van der Waals surface area contributed by atoms with Gasteiger partial charge in [-0.2, -0.15) is 0 Å². The molecule has 0 spiro atoms. The standard InChI is InChI=1S/C27H41N3O5/c1-20-3-6-24(17-25(20)28-12-7-21(2)31)35-19-26(32)30-15-10-23(11-16-30)5-4-22-8-13-29(14-9-22)18-27(33)34/h3,6,17,22-23,28H,4-5,7-16,18-19H2,1-2H3,(H,33,34). The largest absolute Gasteiger partial charge is 0.484 e. The van der Waals surface area contributed by atoms with Crippen molar-refractivity contribution in [1.29, 1.82) is 0 Å². The molecular formula is C27H41N3O5. The summed E-state index contributed by atoms with van der Waals surface area (Å²) in [6, 6.07) is 5.72. The SMILES string of the molecule is CC(=O)CCNc1cc(OCC(=O)N2CCC(CCC3CCN(CC(=O)O)CC3)CC2)ccc1C. The van der Waals surface area contributed by atoms with Gasteiger partial charge < -0.3 is 20.1 Å². The molecule has 0 atom stereocenters. The first-order valence-corrected chi connectivity index (χ1v) is 13.0. The molecule has 2 fully saturated rings. The predicted octanol–water partition coefficient (Wildman–Crippen LogP) is 3.58.